The minimum atomic E-state index is 0.869. The average molecular weight is 302 g/mol. The van der Waals surface area contributed by atoms with E-state index in [1.807, 2.05) is 0 Å². The second-order valence-electron chi connectivity index (χ2n) is 4.87. The van der Waals surface area contributed by atoms with Crippen LogP contribution >= 0.6 is 15.9 Å². The molecule has 1 saturated carbocycles. The molecule has 0 amide bonds. The Hall–Kier alpha value is -1.28. The Balaban J connectivity index is 1.91. The van der Waals surface area contributed by atoms with Crippen LogP contribution in [0.15, 0.2) is 59.1 Å². The van der Waals surface area contributed by atoms with E-state index in [1.54, 1.807) is 0 Å². The Morgan fingerprint density at radius 1 is 0.889 bits per heavy atom. The van der Waals surface area contributed by atoms with Crippen LogP contribution in [-0.4, -0.2) is 6.54 Å². The van der Waals surface area contributed by atoms with Gasteiger partial charge in [0, 0.05) is 22.4 Å². The number of hydrogen-bond acceptors (Lipinski definition) is 1. The van der Waals surface area contributed by atoms with Crippen LogP contribution in [0.3, 0.4) is 0 Å². The third kappa shape index (κ3) is 2.75. The number of halogens is 1. The molecule has 0 aromatic heterocycles. The smallest absolute Gasteiger partial charge is 0.0411 e. The molecule has 0 atom stereocenters. The zero-order valence-electron chi connectivity index (χ0n) is 10.2. The molecule has 0 spiro atoms. The maximum Gasteiger partial charge on any atom is 0.0411 e. The van der Waals surface area contributed by atoms with Crippen molar-refractivity contribution in [3.05, 3.63) is 59.1 Å². The Labute approximate surface area is 117 Å². The van der Waals surface area contributed by atoms with Gasteiger partial charge in [-0.15, -0.1) is 0 Å². The predicted molar refractivity (Wildman–Crippen MR) is 80.3 cm³/mol. The third-order valence-corrected chi connectivity index (χ3v) is 3.87. The van der Waals surface area contributed by atoms with Gasteiger partial charge >= 0.3 is 0 Å². The first-order valence-electron chi connectivity index (χ1n) is 6.41. The molecule has 0 radical (unpaired) electrons. The van der Waals surface area contributed by atoms with Crippen molar-refractivity contribution in [2.45, 2.75) is 12.8 Å². The maximum absolute atomic E-state index is 3.50. The highest BCUT2D eigenvalue weighted by atomic mass is 79.9. The SMILES string of the molecule is Brc1ccc(N(CC2CC2)c2ccccc2)cc1. The number of nitrogens with zero attached hydrogens (tertiary/aromatic N) is 1. The zero-order chi connectivity index (χ0) is 12.4. The van der Waals surface area contributed by atoms with Gasteiger partial charge in [-0.25, -0.2) is 0 Å². The molecule has 1 fully saturated rings. The van der Waals surface area contributed by atoms with Gasteiger partial charge in [-0.05, 0) is 55.2 Å². The van der Waals surface area contributed by atoms with E-state index in [4.69, 9.17) is 0 Å². The Morgan fingerprint density at radius 2 is 1.50 bits per heavy atom. The Kier molecular flexibility index (Phi) is 3.37. The average Bonchev–Trinajstić information content (AvgIpc) is 3.22. The minimum absolute atomic E-state index is 0.869. The standard InChI is InChI=1S/C16H16BrN/c17-14-8-10-16(11-9-14)18(12-13-6-7-13)15-4-2-1-3-5-15/h1-5,8-11,13H,6-7,12H2. The maximum atomic E-state index is 3.50. The highest BCUT2D eigenvalue weighted by Crippen LogP contribution is 2.35. The second kappa shape index (κ2) is 5.15. The van der Waals surface area contributed by atoms with Gasteiger partial charge in [0.05, 0.1) is 0 Å². The molecule has 2 aromatic carbocycles. The largest absolute Gasteiger partial charge is 0.341 e. The molecule has 0 heterocycles. The number of anilines is 2. The van der Waals surface area contributed by atoms with Gasteiger partial charge in [-0.2, -0.15) is 0 Å². The topological polar surface area (TPSA) is 3.24 Å². The molecule has 0 aliphatic heterocycles. The summed E-state index contributed by atoms with van der Waals surface area (Å²) in [5.41, 5.74) is 2.56. The molecule has 3 rings (SSSR count). The lowest BCUT2D eigenvalue weighted by Gasteiger charge is -2.25. The van der Waals surface area contributed by atoms with E-state index in [0.29, 0.717) is 0 Å². The summed E-state index contributed by atoms with van der Waals surface area (Å²) in [6, 6.07) is 19.2. The molecule has 1 aliphatic rings. The quantitative estimate of drug-likeness (QED) is 0.768. The lowest BCUT2D eigenvalue weighted by Crippen LogP contribution is -2.19. The molecule has 92 valence electrons. The van der Waals surface area contributed by atoms with Crippen molar-refractivity contribution in [1.29, 1.82) is 0 Å². The highest BCUT2D eigenvalue weighted by Gasteiger charge is 2.25. The summed E-state index contributed by atoms with van der Waals surface area (Å²) in [4.78, 5) is 2.42. The van der Waals surface area contributed by atoms with Gasteiger partial charge in [0.25, 0.3) is 0 Å². The molecular weight excluding hydrogens is 286 g/mol. The normalized spacial score (nSPS) is 14.5. The van der Waals surface area contributed by atoms with Crippen LogP contribution in [0.5, 0.6) is 0 Å². The van der Waals surface area contributed by atoms with Crippen molar-refractivity contribution in [2.24, 2.45) is 5.92 Å². The minimum Gasteiger partial charge on any atom is -0.341 e. The van der Waals surface area contributed by atoms with Crippen molar-refractivity contribution in [2.75, 3.05) is 11.4 Å². The zero-order valence-corrected chi connectivity index (χ0v) is 11.8. The van der Waals surface area contributed by atoms with Crippen LogP contribution in [0.2, 0.25) is 0 Å². The number of rotatable bonds is 4. The molecule has 1 aliphatic carbocycles. The molecule has 0 bridgehead atoms. The first-order valence-corrected chi connectivity index (χ1v) is 7.20. The second-order valence-corrected chi connectivity index (χ2v) is 5.78. The highest BCUT2D eigenvalue weighted by molar-refractivity contribution is 9.10. The lowest BCUT2D eigenvalue weighted by atomic mass is 10.2. The van der Waals surface area contributed by atoms with Crippen molar-refractivity contribution >= 4 is 27.3 Å². The van der Waals surface area contributed by atoms with E-state index in [1.165, 1.54) is 24.2 Å². The van der Waals surface area contributed by atoms with Crippen molar-refractivity contribution < 1.29 is 0 Å². The van der Waals surface area contributed by atoms with E-state index in [-0.39, 0.29) is 0 Å². The fourth-order valence-electron chi connectivity index (χ4n) is 2.15. The van der Waals surface area contributed by atoms with Crippen LogP contribution in [0, 0.1) is 5.92 Å². The van der Waals surface area contributed by atoms with E-state index < -0.39 is 0 Å². The Morgan fingerprint density at radius 3 is 2.11 bits per heavy atom. The van der Waals surface area contributed by atoms with Gasteiger partial charge in [-0.3, -0.25) is 0 Å². The first kappa shape index (κ1) is 11.8. The molecule has 1 nitrogen and oxygen atoms in total. The van der Waals surface area contributed by atoms with E-state index in [2.05, 4.69) is 75.4 Å². The number of para-hydroxylation sites is 1. The molecule has 18 heavy (non-hydrogen) atoms. The monoisotopic (exact) mass is 301 g/mol. The number of benzene rings is 2. The van der Waals surface area contributed by atoms with Crippen molar-refractivity contribution in [3.63, 3.8) is 0 Å². The Bertz CT molecular complexity index is 502. The van der Waals surface area contributed by atoms with Crippen LogP contribution in [-0.2, 0) is 0 Å². The summed E-state index contributed by atoms with van der Waals surface area (Å²) in [7, 11) is 0. The van der Waals surface area contributed by atoms with Gasteiger partial charge < -0.3 is 4.90 Å². The van der Waals surface area contributed by atoms with Gasteiger partial charge in [0.2, 0.25) is 0 Å². The van der Waals surface area contributed by atoms with Crippen molar-refractivity contribution in [1.82, 2.24) is 0 Å². The summed E-state index contributed by atoms with van der Waals surface area (Å²) >= 11 is 3.50. The lowest BCUT2D eigenvalue weighted by molar-refractivity contribution is 0.814. The fraction of sp³-hybridized carbons (Fsp3) is 0.250. The summed E-state index contributed by atoms with van der Waals surface area (Å²) in [6.07, 6.45) is 2.75. The summed E-state index contributed by atoms with van der Waals surface area (Å²) in [5, 5.41) is 0. The molecule has 2 heteroatoms. The van der Waals surface area contributed by atoms with Gasteiger partial charge in [0.1, 0.15) is 0 Å². The molecule has 2 aromatic rings. The van der Waals surface area contributed by atoms with Crippen LogP contribution in [0.4, 0.5) is 11.4 Å². The molecule has 0 N–H and O–H groups in total. The van der Waals surface area contributed by atoms with Crippen LogP contribution in [0.1, 0.15) is 12.8 Å². The van der Waals surface area contributed by atoms with Crippen LogP contribution < -0.4 is 4.90 Å². The first-order chi connectivity index (χ1) is 8.83. The summed E-state index contributed by atoms with van der Waals surface area (Å²) in [6.45, 7) is 1.13. The van der Waals surface area contributed by atoms with E-state index in [0.717, 1.165) is 16.9 Å². The summed E-state index contributed by atoms with van der Waals surface area (Å²) < 4.78 is 1.13. The summed E-state index contributed by atoms with van der Waals surface area (Å²) in [5.74, 6) is 0.869. The predicted octanol–water partition coefficient (Wildman–Crippen LogP) is 5.00. The molecule has 0 unspecified atom stereocenters. The molecule has 0 saturated heterocycles. The van der Waals surface area contributed by atoms with Gasteiger partial charge in [0.15, 0.2) is 0 Å². The third-order valence-electron chi connectivity index (χ3n) is 3.34. The van der Waals surface area contributed by atoms with Crippen molar-refractivity contribution in [3.8, 4) is 0 Å². The van der Waals surface area contributed by atoms with E-state index in [9.17, 15) is 0 Å². The fourth-order valence-corrected chi connectivity index (χ4v) is 2.41. The van der Waals surface area contributed by atoms with Gasteiger partial charge in [-0.1, -0.05) is 34.1 Å². The van der Waals surface area contributed by atoms with E-state index >= 15 is 0 Å². The molecular formula is C16H16BrN. The van der Waals surface area contributed by atoms with Crippen LogP contribution in [0.25, 0.3) is 0 Å². The number of hydrogen-bond donors (Lipinski definition) is 0.